The van der Waals surface area contributed by atoms with E-state index in [1.165, 1.54) is 34.1 Å². The van der Waals surface area contributed by atoms with Gasteiger partial charge < -0.3 is 9.64 Å². The highest BCUT2D eigenvalue weighted by Crippen LogP contribution is 2.42. The second kappa shape index (κ2) is 7.11. The number of sulfone groups is 1. The van der Waals surface area contributed by atoms with E-state index in [1.54, 1.807) is 6.92 Å². The number of rotatable bonds is 4. The SMILES string of the molecule is C[C@@]12C[C@@H](S(=O)(=O)c3ccc(F)cc3)CN1C(=O)N(c1ccc(OC(F)(F)F)cc1)C2. The molecule has 2 aliphatic heterocycles. The molecule has 2 aliphatic rings. The molecular weight excluding hydrogens is 440 g/mol. The van der Waals surface area contributed by atoms with Crippen molar-refractivity contribution in [2.45, 2.75) is 35.4 Å². The Labute approximate surface area is 175 Å². The summed E-state index contributed by atoms with van der Waals surface area (Å²) in [5, 5.41) is -0.836. The highest BCUT2D eigenvalue weighted by atomic mass is 32.2. The number of amides is 2. The normalized spacial score (nSPS) is 23.9. The molecule has 2 atom stereocenters. The molecule has 0 N–H and O–H groups in total. The summed E-state index contributed by atoms with van der Waals surface area (Å²) in [6.07, 6.45) is -4.63. The predicted molar refractivity (Wildman–Crippen MR) is 103 cm³/mol. The molecule has 0 unspecified atom stereocenters. The van der Waals surface area contributed by atoms with E-state index < -0.39 is 44.6 Å². The number of nitrogens with zero attached hydrogens (tertiary/aromatic N) is 2. The molecule has 4 rings (SSSR count). The first kappa shape index (κ1) is 21.4. The van der Waals surface area contributed by atoms with Gasteiger partial charge in [-0.1, -0.05) is 0 Å². The zero-order chi connectivity index (χ0) is 22.6. The van der Waals surface area contributed by atoms with Crippen LogP contribution in [0.5, 0.6) is 5.75 Å². The number of fused-ring (bicyclic) bond motifs is 1. The molecule has 2 fully saturated rings. The molecule has 0 radical (unpaired) electrons. The lowest BCUT2D eigenvalue weighted by atomic mass is 10.0. The minimum Gasteiger partial charge on any atom is -0.406 e. The van der Waals surface area contributed by atoms with Gasteiger partial charge in [-0.15, -0.1) is 13.2 Å². The maximum Gasteiger partial charge on any atom is 0.573 e. The Hall–Kier alpha value is -2.82. The standard InChI is InChI=1S/C20H18F4N2O4S/c1-19-10-17(31(28,29)16-8-2-13(21)3-9-16)11-26(19)18(27)25(12-19)14-4-6-15(7-5-14)30-20(22,23)24/h2-9,17H,10-12H2,1H3/t17-,19+/m1/s1. The van der Waals surface area contributed by atoms with Gasteiger partial charge in [-0.2, -0.15) is 0 Å². The van der Waals surface area contributed by atoms with E-state index in [-0.39, 0.29) is 24.4 Å². The molecule has 166 valence electrons. The summed E-state index contributed by atoms with van der Waals surface area (Å²) in [4.78, 5) is 15.8. The lowest BCUT2D eigenvalue weighted by Gasteiger charge is -2.24. The molecule has 2 aromatic rings. The van der Waals surface area contributed by atoms with Crippen LogP contribution in [0.25, 0.3) is 0 Å². The summed E-state index contributed by atoms with van der Waals surface area (Å²) in [6, 6.07) is 9.04. The van der Waals surface area contributed by atoms with Crippen LogP contribution in [0.2, 0.25) is 0 Å². The molecule has 0 saturated carbocycles. The quantitative estimate of drug-likeness (QED) is 0.514. The number of carbonyl (C=O) groups excluding carboxylic acids is 1. The number of halogens is 4. The summed E-state index contributed by atoms with van der Waals surface area (Å²) in [7, 11) is -3.77. The van der Waals surface area contributed by atoms with Crippen LogP contribution in [-0.2, 0) is 9.84 Å². The number of ether oxygens (including phenoxy) is 1. The summed E-state index contributed by atoms with van der Waals surface area (Å²) >= 11 is 0. The monoisotopic (exact) mass is 458 g/mol. The van der Waals surface area contributed by atoms with Crippen molar-refractivity contribution in [3.05, 3.63) is 54.3 Å². The third-order valence-electron chi connectivity index (χ3n) is 5.63. The number of hydrogen-bond acceptors (Lipinski definition) is 4. The molecule has 0 aromatic heterocycles. The fourth-order valence-electron chi connectivity index (χ4n) is 4.16. The molecule has 2 aromatic carbocycles. The Morgan fingerprint density at radius 1 is 1.06 bits per heavy atom. The van der Waals surface area contributed by atoms with Crippen LogP contribution in [0, 0.1) is 5.82 Å². The summed E-state index contributed by atoms with van der Waals surface area (Å²) < 4.78 is 79.9. The number of hydrogen-bond donors (Lipinski definition) is 0. The molecule has 0 aliphatic carbocycles. The third kappa shape index (κ3) is 3.93. The Kier molecular flexibility index (Phi) is 4.91. The van der Waals surface area contributed by atoms with E-state index in [1.807, 2.05) is 0 Å². The van der Waals surface area contributed by atoms with Crippen molar-refractivity contribution in [3.8, 4) is 5.75 Å². The minimum absolute atomic E-state index is 0.00627. The van der Waals surface area contributed by atoms with E-state index in [9.17, 15) is 30.8 Å². The average Bonchev–Trinajstić information content (AvgIpc) is 3.15. The van der Waals surface area contributed by atoms with Crippen molar-refractivity contribution >= 4 is 21.6 Å². The number of urea groups is 1. The average molecular weight is 458 g/mol. The highest BCUT2D eigenvalue weighted by Gasteiger charge is 2.55. The molecule has 0 bridgehead atoms. The van der Waals surface area contributed by atoms with Gasteiger partial charge in [0.05, 0.1) is 22.2 Å². The molecule has 31 heavy (non-hydrogen) atoms. The maximum atomic E-state index is 13.1. The van der Waals surface area contributed by atoms with E-state index in [2.05, 4.69) is 4.74 Å². The Bertz CT molecular complexity index is 1100. The minimum atomic E-state index is -4.81. The first-order valence-corrected chi connectivity index (χ1v) is 10.9. The van der Waals surface area contributed by atoms with Crippen molar-refractivity contribution in [1.82, 2.24) is 4.90 Å². The van der Waals surface area contributed by atoms with Crippen molar-refractivity contribution in [2.24, 2.45) is 0 Å². The van der Waals surface area contributed by atoms with Crippen LogP contribution in [0.3, 0.4) is 0 Å². The summed E-state index contributed by atoms with van der Waals surface area (Å²) in [6.45, 7) is 1.92. The van der Waals surface area contributed by atoms with Crippen LogP contribution in [0.15, 0.2) is 53.4 Å². The zero-order valence-corrected chi connectivity index (χ0v) is 17.1. The molecule has 2 saturated heterocycles. The van der Waals surface area contributed by atoms with Gasteiger partial charge in [-0.05, 0) is 61.9 Å². The largest absolute Gasteiger partial charge is 0.573 e. The summed E-state index contributed by atoms with van der Waals surface area (Å²) in [5.41, 5.74) is -0.385. The maximum absolute atomic E-state index is 13.1. The molecule has 11 heteroatoms. The van der Waals surface area contributed by atoms with Crippen molar-refractivity contribution in [2.75, 3.05) is 18.0 Å². The first-order valence-electron chi connectivity index (χ1n) is 9.33. The van der Waals surface area contributed by atoms with Crippen LogP contribution in [-0.4, -0.2) is 49.6 Å². The van der Waals surface area contributed by atoms with Crippen molar-refractivity contribution in [3.63, 3.8) is 0 Å². The lowest BCUT2D eigenvalue weighted by molar-refractivity contribution is -0.274. The second-order valence-electron chi connectivity index (χ2n) is 7.84. The van der Waals surface area contributed by atoms with Crippen LogP contribution >= 0.6 is 0 Å². The topological polar surface area (TPSA) is 66.9 Å². The van der Waals surface area contributed by atoms with Gasteiger partial charge in [-0.3, -0.25) is 4.90 Å². The van der Waals surface area contributed by atoms with E-state index in [0.29, 0.717) is 5.69 Å². The van der Waals surface area contributed by atoms with E-state index >= 15 is 0 Å². The van der Waals surface area contributed by atoms with Crippen molar-refractivity contribution in [1.29, 1.82) is 0 Å². The van der Waals surface area contributed by atoms with Crippen molar-refractivity contribution < 1.29 is 35.5 Å². The molecule has 2 heterocycles. The summed E-state index contributed by atoms with van der Waals surface area (Å²) in [5.74, 6) is -0.949. The van der Waals surface area contributed by atoms with Crippen LogP contribution in [0.4, 0.5) is 28.0 Å². The second-order valence-corrected chi connectivity index (χ2v) is 10.1. The lowest BCUT2D eigenvalue weighted by Crippen LogP contribution is -2.38. The number of benzene rings is 2. The molecule has 6 nitrogen and oxygen atoms in total. The van der Waals surface area contributed by atoms with Crippen LogP contribution in [0.1, 0.15) is 13.3 Å². The third-order valence-corrected chi connectivity index (χ3v) is 7.75. The van der Waals surface area contributed by atoms with Gasteiger partial charge in [0.1, 0.15) is 11.6 Å². The van der Waals surface area contributed by atoms with Gasteiger partial charge in [0.15, 0.2) is 9.84 Å². The Morgan fingerprint density at radius 2 is 1.68 bits per heavy atom. The smallest absolute Gasteiger partial charge is 0.406 e. The fourth-order valence-corrected chi connectivity index (χ4v) is 5.98. The van der Waals surface area contributed by atoms with E-state index in [4.69, 9.17) is 0 Å². The van der Waals surface area contributed by atoms with Gasteiger partial charge in [0.2, 0.25) is 0 Å². The van der Waals surface area contributed by atoms with Gasteiger partial charge >= 0.3 is 12.4 Å². The Balaban J connectivity index is 1.52. The number of alkyl halides is 3. The number of carbonyl (C=O) groups is 1. The predicted octanol–water partition coefficient (Wildman–Crippen LogP) is 3.97. The van der Waals surface area contributed by atoms with Gasteiger partial charge in [-0.25, -0.2) is 17.6 Å². The Morgan fingerprint density at radius 3 is 2.23 bits per heavy atom. The van der Waals surface area contributed by atoms with Crippen LogP contribution < -0.4 is 9.64 Å². The highest BCUT2D eigenvalue weighted by molar-refractivity contribution is 7.92. The molecule has 0 spiro atoms. The zero-order valence-electron chi connectivity index (χ0n) is 16.3. The molecule has 2 amide bonds. The number of anilines is 1. The molecular formula is C20H18F4N2O4S. The van der Waals surface area contributed by atoms with E-state index in [0.717, 1.165) is 24.3 Å². The van der Waals surface area contributed by atoms with Gasteiger partial charge in [0.25, 0.3) is 0 Å². The van der Waals surface area contributed by atoms with Gasteiger partial charge in [0, 0.05) is 12.2 Å². The fraction of sp³-hybridized carbons (Fsp3) is 0.350. The first-order chi connectivity index (χ1) is 14.4.